The van der Waals surface area contributed by atoms with Gasteiger partial charge in [0.2, 0.25) is 0 Å². The third kappa shape index (κ3) is 8.82. The van der Waals surface area contributed by atoms with Crippen molar-refractivity contribution in [3.63, 3.8) is 0 Å². The number of carbonyl (C=O) groups excluding carboxylic acids is 1. The maximum absolute atomic E-state index is 9.28. The van der Waals surface area contributed by atoms with Gasteiger partial charge in [-0.2, -0.15) is 0 Å². The van der Waals surface area contributed by atoms with Crippen LogP contribution in [-0.4, -0.2) is 20.0 Å². The molecule has 0 aliphatic carbocycles. The van der Waals surface area contributed by atoms with Crippen molar-refractivity contribution in [3.05, 3.63) is 0 Å². The third-order valence-corrected chi connectivity index (χ3v) is 0.235. The van der Waals surface area contributed by atoms with Crippen LogP contribution in [0.3, 0.4) is 0 Å². The molecular weight excluding hydrogens is 159 g/mol. The molecule has 34 valence electrons. The van der Waals surface area contributed by atoms with Crippen LogP contribution in [-0.2, 0) is 35.7 Å². The Morgan fingerprint density at radius 1 is 1.83 bits per heavy atom. The number of rotatable bonds is 2. The summed E-state index contributed by atoms with van der Waals surface area (Å²) >= 11 is 0. The first-order chi connectivity index (χ1) is 2.41. The van der Waals surface area contributed by atoms with E-state index in [9.17, 15) is 4.79 Å². The van der Waals surface area contributed by atoms with E-state index in [0.29, 0.717) is 6.29 Å². The average molecular weight is 165 g/mol. The van der Waals surface area contributed by atoms with Gasteiger partial charge in [-0.05, 0) is 0 Å². The molecule has 2 nitrogen and oxygen atoms in total. The zero-order valence-electron chi connectivity index (χ0n) is 3.60. The number of methoxy groups -OCH3 is 1. The van der Waals surface area contributed by atoms with E-state index >= 15 is 0 Å². The van der Waals surface area contributed by atoms with Crippen LogP contribution in [0, 0.1) is 0 Å². The molecule has 0 unspecified atom stereocenters. The summed E-state index contributed by atoms with van der Waals surface area (Å²) in [5.74, 6) is 0. The van der Waals surface area contributed by atoms with Crippen molar-refractivity contribution in [1.29, 1.82) is 0 Å². The molecule has 0 radical (unpaired) electrons. The molecule has 0 N–H and O–H groups in total. The van der Waals surface area contributed by atoms with Crippen molar-refractivity contribution in [2.24, 2.45) is 0 Å². The Bertz CT molecular complexity index is 30.0. The van der Waals surface area contributed by atoms with Crippen LogP contribution < -0.4 is 0 Å². The average Bonchev–Trinajstić information content (AvgIpc) is 1.41. The zero-order chi connectivity index (χ0) is 4.12. The molecule has 0 amide bonds. The van der Waals surface area contributed by atoms with Gasteiger partial charge >= 0.3 is 0 Å². The summed E-state index contributed by atoms with van der Waals surface area (Å²) in [4.78, 5) is 9.28. The van der Waals surface area contributed by atoms with Gasteiger partial charge in [-0.3, -0.25) is 0 Å². The Morgan fingerprint density at radius 2 is 2.33 bits per heavy atom. The summed E-state index contributed by atoms with van der Waals surface area (Å²) in [7, 11) is 1.48. The number of ether oxygens (including phenoxy) is 1. The van der Waals surface area contributed by atoms with Gasteiger partial charge in [-0.15, -0.1) is 0 Å². The molecule has 0 aliphatic heterocycles. The minimum Gasteiger partial charge on any atom is -0.377 e. The largest absolute Gasteiger partial charge is 0.377 e. The van der Waals surface area contributed by atoms with E-state index < -0.39 is 0 Å². The molecular formula is C3H6O2Zr. The zero-order valence-corrected chi connectivity index (χ0v) is 6.06. The fraction of sp³-hybridized carbons (Fsp3) is 0.667. The molecule has 0 spiro atoms. The van der Waals surface area contributed by atoms with Crippen LogP contribution in [0.25, 0.3) is 0 Å². The first-order valence-corrected chi connectivity index (χ1v) is 1.34. The van der Waals surface area contributed by atoms with Crippen molar-refractivity contribution in [2.75, 3.05) is 13.7 Å². The SMILES string of the molecule is COCC=O.[Zr]. The van der Waals surface area contributed by atoms with E-state index in [1.807, 2.05) is 0 Å². The van der Waals surface area contributed by atoms with E-state index in [-0.39, 0.29) is 32.8 Å². The number of aldehydes is 1. The molecule has 0 aliphatic rings. The van der Waals surface area contributed by atoms with Crippen LogP contribution in [0.4, 0.5) is 0 Å². The second-order valence-electron chi connectivity index (χ2n) is 0.622. The van der Waals surface area contributed by atoms with Gasteiger partial charge < -0.3 is 9.53 Å². The maximum Gasteiger partial charge on any atom is 0.145 e. The fourth-order valence-corrected chi connectivity index (χ4v) is 0.0680. The molecule has 0 atom stereocenters. The van der Waals surface area contributed by atoms with Crippen molar-refractivity contribution >= 4 is 6.29 Å². The monoisotopic (exact) mass is 164 g/mol. The third-order valence-electron chi connectivity index (χ3n) is 0.235. The Morgan fingerprint density at radius 3 is 2.33 bits per heavy atom. The molecule has 0 bridgehead atoms. The summed E-state index contributed by atoms with van der Waals surface area (Å²) in [6.45, 7) is 0.208. The Labute approximate surface area is 56.0 Å². The van der Waals surface area contributed by atoms with Crippen LogP contribution in [0.5, 0.6) is 0 Å². The molecule has 0 saturated carbocycles. The minimum atomic E-state index is 0. The molecule has 3 heteroatoms. The summed E-state index contributed by atoms with van der Waals surface area (Å²) in [6, 6.07) is 0. The van der Waals surface area contributed by atoms with Crippen molar-refractivity contribution in [3.8, 4) is 0 Å². The van der Waals surface area contributed by atoms with Crippen LogP contribution in [0.2, 0.25) is 0 Å². The van der Waals surface area contributed by atoms with Gasteiger partial charge in [-0.25, -0.2) is 0 Å². The first kappa shape index (κ1) is 9.72. The van der Waals surface area contributed by atoms with E-state index in [4.69, 9.17) is 0 Å². The molecule has 0 fully saturated rings. The molecule has 0 rings (SSSR count). The minimum absolute atomic E-state index is 0. The van der Waals surface area contributed by atoms with E-state index in [0.717, 1.165) is 0 Å². The predicted octanol–water partition coefficient (Wildman–Crippen LogP) is -0.171. The summed E-state index contributed by atoms with van der Waals surface area (Å²) < 4.78 is 4.32. The van der Waals surface area contributed by atoms with Gasteiger partial charge in [0.25, 0.3) is 0 Å². The Kier molecular flexibility index (Phi) is 14.7. The quantitative estimate of drug-likeness (QED) is 0.531. The fourth-order valence-electron chi connectivity index (χ4n) is 0.0680. The van der Waals surface area contributed by atoms with Gasteiger partial charge in [0.15, 0.2) is 0 Å². The van der Waals surface area contributed by atoms with Gasteiger partial charge in [0.1, 0.15) is 12.9 Å². The van der Waals surface area contributed by atoms with Crippen LogP contribution >= 0.6 is 0 Å². The van der Waals surface area contributed by atoms with Gasteiger partial charge in [-0.1, -0.05) is 0 Å². The molecule has 0 aromatic heterocycles. The number of hydrogen-bond acceptors (Lipinski definition) is 2. The second-order valence-corrected chi connectivity index (χ2v) is 0.622. The number of carbonyl (C=O) groups is 1. The Balaban J connectivity index is 0. The van der Waals surface area contributed by atoms with Gasteiger partial charge in [0, 0.05) is 33.3 Å². The molecule has 6 heavy (non-hydrogen) atoms. The topological polar surface area (TPSA) is 26.3 Å². The van der Waals surface area contributed by atoms with E-state index in [2.05, 4.69) is 4.74 Å². The normalized spacial score (nSPS) is 6.17. The standard InChI is InChI=1S/C3H6O2.Zr/c1-5-3-2-4;/h2H,3H2,1H3;. The van der Waals surface area contributed by atoms with E-state index in [1.165, 1.54) is 7.11 Å². The van der Waals surface area contributed by atoms with Crippen LogP contribution in [0.15, 0.2) is 0 Å². The second kappa shape index (κ2) is 9.10. The smallest absolute Gasteiger partial charge is 0.145 e. The van der Waals surface area contributed by atoms with Gasteiger partial charge in [0.05, 0.1) is 0 Å². The number of hydrogen-bond donors (Lipinski definition) is 0. The molecule has 0 heterocycles. The van der Waals surface area contributed by atoms with Crippen LogP contribution in [0.1, 0.15) is 0 Å². The first-order valence-electron chi connectivity index (χ1n) is 1.34. The van der Waals surface area contributed by atoms with Crippen molar-refractivity contribution < 1.29 is 35.7 Å². The Hall–Kier alpha value is 0.513. The maximum atomic E-state index is 9.28. The molecule has 0 aromatic carbocycles. The summed E-state index contributed by atoms with van der Waals surface area (Å²) in [5.41, 5.74) is 0. The predicted molar refractivity (Wildman–Crippen MR) is 17.9 cm³/mol. The van der Waals surface area contributed by atoms with Crippen molar-refractivity contribution in [2.45, 2.75) is 0 Å². The van der Waals surface area contributed by atoms with E-state index in [1.54, 1.807) is 0 Å². The molecule has 0 aromatic rings. The molecule has 0 saturated heterocycles. The van der Waals surface area contributed by atoms with Crippen molar-refractivity contribution in [1.82, 2.24) is 0 Å². The summed E-state index contributed by atoms with van der Waals surface area (Å²) in [5, 5.41) is 0. The summed E-state index contributed by atoms with van der Waals surface area (Å²) in [6.07, 6.45) is 0.708.